The molecule has 2 aromatic carbocycles. The van der Waals surface area contributed by atoms with Crippen LogP contribution in [0.2, 0.25) is 0 Å². The number of nitrogens with one attached hydrogen (secondary N) is 1. The van der Waals surface area contributed by atoms with Crippen molar-refractivity contribution in [3.05, 3.63) is 64.2 Å². The van der Waals surface area contributed by atoms with E-state index in [1.54, 1.807) is 31.2 Å². The van der Waals surface area contributed by atoms with Gasteiger partial charge in [0.15, 0.2) is 6.67 Å². The summed E-state index contributed by atoms with van der Waals surface area (Å²) in [6, 6.07) is 8.83. The highest BCUT2D eigenvalue weighted by Crippen LogP contribution is 2.41. The Labute approximate surface area is 191 Å². The second-order valence-corrected chi connectivity index (χ2v) is 7.67. The molecule has 1 heterocycles. The summed E-state index contributed by atoms with van der Waals surface area (Å²) in [7, 11) is 1.49. The van der Waals surface area contributed by atoms with Crippen molar-refractivity contribution in [3.63, 3.8) is 0 Å². The molecule has 1 aliphatic heterocycles. The van der Waals surface area contributed by atoms with Crippen LogP contribution in [0.15, 0.2) is 42.0 Å². The number of hydrogen-bond donors (Lipinski definition) is 1. The third kappa shape index (κ3) is 5.58. The van der Waals surface area contributed by atoms with Crippen LogP contribution >= 0.6 is 0 Å². The maximum atomic E-state index is 12.9. The largest absolute Gasteiger partial charge is 0.496 e. The van der Waals surface area contributed by atoms with Crippen LogP contribution in [0.1, 0.15) is 46.8 Å². The average Bonchev–Trinajstić information content (AvgIpc) is 3.20. The SMILES string of the molecule is COc1c(C)c2c(c(NC(=O)CF)c1CC=C(C)CCC(=O)Oc1ccccc1)C(=O)OC2. The maximum absolute atomic E-state index is 12.9. The first-order valence-corrected chi connectivity index (χ1v) is 10.5. The molecule has 3 rings (SSSR count). The maximum Gasteiger partial charge on any atom is 0.341 e. The third-order valence-electron chi connectivity index (χ3n) is 5.42. The first-order valence-electron chi connectivity index (χ1n) is 10.5. The molecule has 8 heteroatoms. The predicted molar refractivity (Wildman–Crippen MR) is 120 cm³/mol. The molecule has 7 nitrogen and oxygen atoms in total. The molecule has 0 aromatic heterocycles. The molecule has 0 unspecified atom stereocenters. The highest BCUT2D eigenvalue weighted by Gasteiger charge is 2.32. The predicted octanol–water partition coefficient (Wildman–Crippen LogP) is 4.46. The number of fused-ring (bicyclic) bond motifs is 1. The van der Waals surface area contributed by atoms with Crippen molar-refractivity contribution in [1.29, 1.82) is 0 Å². The van der Waals surface area contributed by atoms with E-state index in [4.69, 9.17) is 14.2 Å². The molecule has 0 bridgehead atoms. The number of cyclic esters (lactones) is 1. The molecule has 0 saturated carbocycles. The number of allylic oxidation sites excluding steroid dienone is 2. The molecule has 0 atom stereocenters. The minimum Gasteiger partial charge on any atom is -0.496 e. The van der Waals surface area contributed by atoms with Crippen LogP contribution < -0.4 is 14.8 Å². The molecule has 2 aromatic rings. The smallest absolute Gasteiger partial charge is 0.341 e. The second-order valence-electron chi connectivity index (χ2n) is 7.67. The summed E-state index contributed by atoms with van der Waals surface area (Å²) in [4.78, 5) is 36.3. The van der Waals surface area contributed by atoms with Crippen molar-refractivity contribution in [2.24, 2.45) is 0 Å². The minimum absolute atomic E-state index is 0.0630. The molecular formula is C25H26FNO6. The van der Waals surface area contributed by atoms with E-state index in [1.165, 1.54) is 7.11 Å². The zero-order chi connectivity index (χ0) is 24.0. The molecular weight excluding hydrogens is 429 g/mol. The topological polar surface area (TPSA) is 90.9 Å². The van der Waals surface area contributed by atoms with Crippen LogP contribution in [-0.4, -0.2) is 31.6 Å². The Bertz CT molecular complexity index is 1090. The number of carbonyl (C=O) groups is 3. The van der Waals surface area contributed by atoms with Gasteiger partial charge in [-0.05, 0) is 44.4 Å². The van der Waals surface area contributed by atoms with E-state index in [0.717, 1.165) is 11.1 Å². The normalized spacial score (nSPS) is 12.7. The molecule has 1 N–H and O–H groups in total. The van der Waals surface area contributed by atoms with Crippen LogP contribution in [0.25, 0.3) is 0 Å². The lowest BCUT2D eigenvalue weighted by Crippen LogP contribution is -2.18. The lowest BCUT2D eigenvalue weighted by molar-refractivity contribution is -0.134. The van der Waals surface area contributed by atoms with Gasteiger partial charge < -0.3 is 19.5 Å². The van der Waals surface area contributed by atoms with E-state index in [9.17, 15) is 18.8 Å². The van der Waals surface area contributed by atoms with E-state index in [0.29, 0.717) is 35.5 Å². The Morgan fingerprint density at radius 2 is 1.94 bits per heavy atom. The van der Waals surface area contributed by atoms with Crippen molar-refractivity contribution in [2.75, 3.05) is 19.1 Å². The highest BCUT2D eigenvalue weighted by molar-refractivity contribution is 6.06. The number of alkyl halides is 1. The van der Waals surface area contributed by atoms with Gasteiger partial charge in [0.25, 0.3) is 5.91 Å². The molecule has 0 saturated heterocycles. The van der Waals surface area contributed by atoms with Crippen LogP contribution in [0.4, 0.5) is 10.1 Å². The summed E-state index contributed by atoms with van der Waals surface area (Å²) in [6.07, 6.45) is 2.83. The molecule has 0 fully saturated rings. The Morgan fingerprint density at radius 3 is 2.61 bits per heavy atom. The lowest BCUT2D eigenvalue weighted by atomic mass is 9.93. The van der Waals surface area contributed by atoms with Gasteiger partial charge in [-0.3, -0.25) is 9.59 Å². The monoisotopic (exact) mass is 455 g/mol. The number of anilines is 1. The van der Waals surface area contributed by atoms with Crippen molar-refractivity contribution < 1.29 is 33.0 Å². The highest BCUT2D eigenvalue weighted by atomic mass is 19.1. The summed E-state index contributed by atoms with van der Waals surface area (Å²) in [6.45, 7) is 2.52. The van der Waals surface area contributed by atoms with Gasteiger partial charge in [0.1, 0.15) is 18.1 Å². The molecule has 0 spiro atoms. The van der Waals surface area contributed by atoms with Crippen LogP contribution in [0.5, 0.6) is 11.5 Å². The van der Waals surface area contributed by atoms with Gasteiger partial charge in [0.05, 0.1) is 18.4 Å². The van der Waals surface area contributed by atoms with E-state index < -0.39 is 18.6 Å². The fourth-order valence-electron chi connectivity index (χ4n) is 3.71. The minimum atomic E-state index is -1.22. The standard InChI is InChI=1S/C25H26FNO6/c1-15(10-12-21(29)33-17-7-5-4-6-8-17)9-11-18-23(27-20(28)13-26)22-19(14-32-25(22)30)16(2)24(18)31-3/h4-9H,10-14H2,1-3H3,(H,27,28). The van der Waals surface area contributed by atoms with Crippen LogP contribution in [-0.2, 0) is 27.4 Å². The number of ether oxygens (including phenoxy) is 3. The van der Waals surface area contributed by atoms with E-state index in [1.807, 2.05) is 19.1 Å². The van der Waals surface area contributed by atoms with Gasteiger partial charge in [0.2, 0.25) is 0 Å². The van der Waals surface area contributed by atoms with Gasteiger partial charge in [-0.25, -0.2) is 9.18 Å². The van der Waals surface area contributed by atoms with Crippen LogP contribution in [0.3, 0.4) is 0 Å². The number of rotatable bonds is 9. The van der Waals surface area contributed by atoms with Gasteiger partial charge >= 0.3 is 11.9 Å². The molecule has 33 heavy (non-hydrogen) atoms. The summed E-state index contributed by atoms with van der Waals surface area (Å²) in [5.74, 6) is -0.807. The van der Waals surface area contributed by atoms with Crippen molar-refractivity contribution in [2.45, 2.75) is 39.7 Å². The molecule has 174 valence electrons. The van der Waals surface area contributed by atoms with Crippen molar-refractivity contribution in [3.8, 4) is 11.5 Å². The number of methoxy groups -OCH3 is 1. The number of para-hydroxylation sites is 1. The number of esters is 2. The molecule has 0 aliphatic carbocycles. The van der Waals surface area contributed by atoms with E-state index >= 15 is 0 Å². The number of hydrogen-bond acceptors (Lipinski definition) is 6. The third-order valence-corrected chi connectivity index (χ3v) is 5.42. The number of benzene rings is 2. The molecule has 1 amide bonds. The first kappa shape index (κ1) is 24.0. The quantitative estimate of drug-likeness (QED) is 0.341. The average molecular weight is 455 g/mol. The lowest BCUT2D eigenvalue weighted by Gasteiger charge is -2.19. The van der Waals surface area contributed by atoms with E-state index in [2.05, 4.69) is 5.32 Å². The summed E-state index contributed by atoms with van der Waals surface area (Å²) in [5.41, 5.74) is 3.21. The summed E-state index contributed by atoms with van der Waals surface area (Å²) >= 11 is 0. The Balaban J connectivity index is 1.81. The van der Waals surface area contributed by atoms with Gasteiger partial charge in [0, 0.05) is 17.5 Å². The van der Waals surface area contributed by atoms with Crippen molar-refractivity contribution in [1.82, 2.24) is 0 Å². The Morgan fingerprint density at radius 1 is 1.21 bits per heavy atom. The first-order chi connectivity index (χ1) is 15.8. The Hall–Kier alpha value is -3.68. The molecule has 0 radical (unpaired) electrons. The summed E-state index contributed by atoms with van der Waals surface area (Å²) in [5, 5.41) is 2.50. The number of carbonyl (C=O) groups excluding carboxylic acids is 3. The zero-order valence-electron chi connectivity index (χ0n) is 18.8. The fraction of sp³-hybridized carbons (Fsp3) is 0.320. The van der Waals surface area contributed by atoms with Gasteiger partial charge in [-0.2, -0.15) is 0 Å². The summed E-state index contributed by atoms with van der Waals surface area (Å²) < 4.78 is 29.0. The second kappa shape index (κ2) is 10.8. The molecule has 1 aliphatic rings. The number of halogens is 1. The van der Waals surface area contributed by atoms with Gasteiger partial charge in [-0.15, -0.1) is 0 Å². The van der Waals surface area contributed by atoms with Crippen LogP contribution in [0, 0.1) is 6.92 Å². The van der Waals surface area contributed by atoms with E-state index in [-0.39, 0.29) is 30.2 Å². The van der Waals surface area contributed by atoms with Crippen molar-refractivity contribution >= 4 is 23.5 Å². The Kier molecular flexibility index (Phi) is 7.82. The fourth-order valence-corrected chi connectivity index (χ4v) is 3.71. The van der Waals surface area contributed by atoms with Gasteiger partial charge in [-0.1, -0.05) is 29.8 Å². The number of amides is 1. The zero-order valence-corrected chi connectivity index (χ0v) is 18.8.